The van der Waals surface area contributed by atoms with E-state index in [4.69, 9.17) is 4.74 Å². The zero-order valence-corrected chi connectivity index (χ0v) is 14.9. The lowest BCUT2D eigenvalue weighted by atomic mass is 10.0. The van der Waals surface area contributed by atoms with E-state index in [1.807, 2.05) is 24.3 Å². The van der Waals surface area contributed by atoms with E-state index in [0.29, 0.717) is 17.7 Å². The maximum Gasteiger partial charge on any atom is 0.286 e. The Morgan fingerprint density at radius 3 is 2.54 bits per heavy atom. The van der Waals surface area contributed by atoms with Gasteiger partial charge in [-0.2, -0.15) is 0 Å². The molecule has 3 rings (SSSR count). The Bertz CT molecular complexity index is 874. The van der Waals surface area contributed by atoms with Gasteiger partial charge in [-0.3, -0.25) is 19.7 Å². The quantitative estimate of drug-likeness (QED) is 0.625. The third kappa shape index (κ3) is 4.21. The van der Waals surface area contributed by atoms with Gasteiger partial charge >= 0.3 is 0 Å². The highest BCUT2D eigenvalue weighted by atomic mass is 32.2. The number of imide groups is 1. The lowest BCUT2D eigenvalue weighted by molar-refractivity contribution is -0.118. The van der Waals surface area contributed by atoms with Crippen molar-refractivity contribution in [1.82, 2.24) is 5.32 Å². The van der Waals surface area contributed by atoms with Gasteiger partial charge in [0.15, 0.2) is 5.78 Å². The second-order valence-electron chi connectivity index (χ2n) is 5.72. The summed E-state index contributed by atoms with van der Waals surface area (Å²) in [6, 6.07) is 14.5. The van der Waals surface area contributed by atoms with E-state index in [-0.39, 0.29) is 16.9 Å². The Morgan fingerprint density at radius 2 is 1.88 bits per heavy atom. The van der Waals surface area contributed by atoms with E-state index in [2.05, 4.69) is 5.32 Å². The predicted molar refractivity (Wildman–Crippen MR) is 101 cm³/mol. The summed E-state index contributed by atoms with van der Waals surface area (Å²) in [4.78, 5) is 35.1. The number of carbonyl (C=O) groups is 3. The van der Waals surface area contributed by atoms with Crippen LogP contribution in [0, 0.1) is 0 Å². The van der Waals surface area contributed by atoms with Gasteiger partial charge < -0.3 is 4.74 Å². The second-order valence-corrected chi connectivity index (χ2v) is 6.90. The van der Waals surface area contributed by atoms with Crippen LogP contribution in [0.1, 0.15) is 21.5 Å². The summed E-state index contributed by atoms with van der Waals surface area (Å²) in [7, 11) is 1.59. The van der Waals surface area contributed by atoms with Crippen LogP contribution in [-0.2, 0) is 11.2 Å². The Kier molecular flexibility index (Phi) is 5.53. The number of methoxy groups -OCH3 is 1. The number of para-hydroxylation sites is 1. The molecule has 1 aliphatic heterocycles. The van der Waals surface area contributed by atoms with E-state index in [1.165, 1.54) is 6.08 Å². The first-order chi connectivity index (χ1) is 12.6. The van der Waals surface area contributed by atoms with Crippen LogP contribution in [0.4, 0.5) is 4.79 Å². The van der Waals surface area contributed by atoms with Crippen molar-refractivity contribution < 1.29 is 19.1 Å². The Labute approximate surface area is 155 Å². The lowest BCUT2D eigenvalue weighted by Crippen LogP contribution is -2.25. The molecule has 5 nitrogen and oxygen atoms in total. The molecule has 1 unspecified atom stereocenters. The summed E-state index contributed by atoms with van der Waals surface area (Å²) in [6.07, 6.45) is 3.68. The summed E-state index contributed by atoms with van der Waals surface area (Å²) in [5.41, 5.74) is 2.28. The smallest absolute Gasteiger partial charge is 0.286 e. The zero-order chi connectivity index (χ0) is 18.5. The van der Waals surface area contributed by atoms with Gasteiger partial charge in [0, 0.05) is 11.1 Å². The summed E-state index contributed by atoms with van der Waals surface area (Å²) in [6.45, 7) is 0. The maximum absolute atomic E-state index is 12.3. The third-order valence-corrected chi connectivity index (χ3v) is 4.96. The number of amides is 2. The van der Waals surface area contributed by atoms with Crippen LogP contribution in [0.25, 0.3) is 6.08 Å². The fourth-order valence-corrected chi connectivity index (χ4v) is 3.47. The number of benzene rings is 2. The molecule has 2 amide bonds. The monoisotopic (exact) mass is 367 g/mol. The largest absolute Gasteiger partial charge is 0.496 e. The van der Waals surface area contributed by atoms with Crippen LogP contribution in [0.2, 0.25) is 0 Å². The summed E-state index contributed by atoms with van der Waals surface area (Å²) >= 11 is 0.999. The fraction of sp³-hybridized carbons (Fsp3) is 0.150. The molecule has 0 saturated carbocycles. The van der Waals surface area contributed by atoms with Crippen LogP contribution in [-0.4, -0.2) is 29.3 Å². The van der Waals surface area contributed by atoms with Gasteiger partial charge in [0.1, 0.15) is 5.75 Å². The molecule has 1 atom stereocenters. The molecule has 1 heterocycles. The predicted octanol–water partition coefficient (Wildman–Crippen LogP) is 3.49. The number of ether oxygens (including phenoxy) is 1. The van der Waals surface area contributed by atoms with E-state index in [1.54, 1.807) is 37.5 Å². The number of nitrogens with one attached hydrogen (secondary N) is 1. The minimum atomic E-state index is -0.408. The zero-order valence-electron chi connectivity index (χ0n) is 14.1. The van der Waals surface area contributed by atoms with E-state index in [9.17, 15) is 14.4 Å². The average molecular weight is 367 g/mol. The van der Waals surface area contributed by atoms with Crippen LogP contribution >= 0.6 is 11.8 Å². The number of carbonyl (C=O) groups excluding carboxylic acids is 3. The molecule has 2 aromatic carbocycles. The highest BCUT2D eigenvalue weighted by Gasteiger charge is 2.31. The molecule has 132 valence electrons. The average Bonchev–Trinajstić information content (AvgIpc) is 2.97. The molecule has 1 fully saturated rings. The normalized spacial score (nSPS) is 16.7. The Morgan fingerprint density at radius 1 is 1.15 bits per heavy atom. The van der Waals surface area contributed by atoms with Crippen molar-refractivity contribution in [1.29, 1.82) is 0 Å². The van der Waals surface area contributed by atoms with E-state index >= 15 is 0 Å². The summed E-state index contributed by atoms with van der Waals surface area (Å²) in [5, 5.41) is 1.55. The van der Waals surface area contributed by atoms with Crippen molar-refractivity contribution in [3.8, 4) is 5.75 Å². The molecular weight excluding hydrogens is 350 g/mol. The van der Waals surface area contributed by atoms with Crippen LogP contribution in [0.15, 0.2) is 54.6 Å². The minimum absolute atomic E-state index is 0.120. The van der Waals surface area contributed by atoms with Gasteiger partial charge in [0.05, 0.1) is 12.4 Å². The SMILES string of the molecule is COc1ccccc1/C=C/C(=O)c1ccc(CC2SC(=O)NC2=O)cc1. The molecule has 6 heteroatoms. The molecule has 1 N–H and O–H groups in total. The van der Waals surface area contributed by atoms with Gasteiger partial charge in [-0.1, -0.05) is 54.2 Å². The molecule has 0 radical (unpaired) electrons. The van der Waals surface area contributed by atoms with Crippen molar-refractivity contribution in [2.75, 3.05) is 7.11 Å². The van der Waals surface area contributed by atoms with Crippen LogP contribution in [0.3, 0.4) is 0 Å². The minimum Gasteiger partial charge on any atom is -0.496 e. The lowest BCUT2D eigenvalue weighted by Gasteiger charge is -2.06. The van der Waals surface area contributed by atoms with Gasteiger partial charge in [-0.25, -0.2) is 0 Å². The summed E-state index contributed by atoms with van der Waals surface area (Å²) in [5.74, 6) is 0.319. The molecule has 26 heavy (non-hydrogen) atoms. The maximum atomic E-state index is 12.3. The van der Waals surface area contributed by atoms with Crippen molar-refractivity contribution in [3.05, 3.63) is 71.3 Å². The van der Waals surface area contributed by atoms with Crippen molar-refractivity contribution in [2.24, 2.45) is 0 Å². The first-order valence-electron chi connectivity index (χ1n) is 8.02. The van der Waals surface area contributed by atoms with Gasteiger partial charge in [-0.05, 0) is 30.2 Å². The Balaban J connectivity index is 1.66. The number of ketones is 1. The number of rotatable bonds is 6. The number of hydrogen-bond acceptors (Lipinski definition) is 5. The Hall–Kier alpha value is -2.86. The number of allylic oxidation sites excluding steroid dienone is 1. The first kappa shape index (κ1) is 17.9. The second kappa shape index (κ2) is 8.01. The third-order valence-electron chi connectivity index (χ3n) is 3.98. The van der Waals surface area contributed by atoms with Crippen LogP contribution < -0.4 is 10.1 Å². The molecule has 0 bridgehead atoms. The number of thioether (sulfide) groups is 1. The van der Waals surface area contributed by atoms with Crippen LogP contribution in [0.5, 0.6) is 5.75 Å². The standard InChI is InChI=1S/C20H17NO4S/c1-25-17-5-3-2-4-15(17)10-11-16(22)14-8-6-13(7-9-14)12-18-19(23)21-20(24)26-18/h2-11,18H,12H2,1H3,(H,21,23,24)/b11-10+. The molecule has 0 aliphatic carbocycles. The van der Waals surface area contributed by atoms with E-state index in [0.717, 1.165) is 22.9 Å². The molecule has 1 saturated heterocycles. The molecule has 0 spiro atoms. The van der Waals surface area contributed by atoms with Crippen molar-refractivity contribution >= 4 is 34.8 Å². The topological polar surface area (TPSA) is 72.5 Å². The highest BCUT2D eigenvalue weighted by molar-refractivity contribution is 8.15. The van der Waals surface area contributed by atoms with Gasteiger partial charge in [0.25, 0.3) is 5.24 Å². The van der Waals surface area contributed by atoms with Crippen molar-refractivity contribution in [3.63, 3.8) is 0 Å². The highest BCUT2D eigenvalue weighted by Crippen LogP contribution is 2.23. The van der Waals surface area contributed by atoms with Gasteiger partial charge in [-0.15, -0.1) is 0 Å². The van der Waals surface area contributed by atoms with E-state index < -0.39 is 5.25 Å². The molecule has 1 aliphatic rings. The first-order valence-corrected chi connectivity index (χ1v) is 8.90. The molecular formula is C20H17NO4S. The molecule has 2 aromatic rings. The summed E-state index contributed by atoms with van der Waals surface area (Å²) < 4.78 is 5.26. The number of hydrogen-bond donors (Lipinski definition) is 1. The fourth-order valence-electron chi connectivity index (χ4n) is 2.61. The van der Waals surface area contributed by atoms with Crippen molar-refractivity contribution in [2.45, 2.75) is 11.7 Å². The molecule has 0 aromatic heterocycles. The van der Waals surface area contributed by atoms with Gasteiger partial charge in [0.2, 0.25) is 5.91 Å².